The second kappa shape index (κ2) is 7.98. The smallest absolute Gasteiger partial charge is 0.325 e. The summed E-state index contributed by atoms with van der Waals surface area (Å²) in [6.07, 6.45) is 1.82. The normalized spacial score (nSPS) is 12.4. The van der Waals surface area contributed by atoms with Gasteiger partial charge in [0.15, 0.2) is 15.1 Å². The Kier molecular flexibility index (Phi) is 6.61. The SMILES string of the molecule is CCOC(=O)C(CC=C(C)C)S(=O)(=O)c1ccc(OC)cc1. The van der Waals surface area contributed by atoms with E-state index in [1.165, 1.54) is 19.2 Å². The molecule has 0 aliphatic heterocycles. The summed E-state index contributed by atoms with van der Waals surface area (Å²) in [5.41, 5.74) is 0.944. The molecule has 0 aliphatic rings. The van der Waals surface area contributed by atoms with Gasteiger partial charge in [0.05, 0.1) is 18.6 Å². The average Bonchev–Trinajstić information content (AvgIpc) is 2.47. The lowest BCUT2D eigenvalue weighted by atomic mass is 10.2. The summed E-state index contributed by atoms with van der Waals surface area (Å²) in [5.74, 6) is -0.174. The number of hydrogen-bond donors (Lipinski definition) is 0. The molecule has 0 aromatic heterocycles. The number of carbonyl (C=O) groups excluding carboxylic acids is 1. The number of benzene rings is 1. The molecule has 0 bridgehead atoms. The van der Waals surface area contributed by atoms with E-state index in [-0.39, 0.29) is 17.9 Å². The van der Waals surface area contributed by atoms with Gasteiger partial charge in [-0.2, -0.15) is 0 Å². The highest BCUT2D eigenvalue weighted by atomic mass is 32.2. The van der Waals surface area contributed by atoms with E-state index in [0.29, 0.717) is 5.75 Å². The van der Waals surface area contributed by atoms with Crippen LogP contribution in [0.2, 0.25) is 0 Å². The third-order valence-electron chi connectivity index (χ3n) is 3.05. The van der Waals surface area contributed by atoms with Gasteiger partial charge in [0.1, 0.15) is 5.75 Å². The quantitative estimate of drug-likeness (QED) is 0.569. The molecule has 1 atom stereocenters. The summed E-state index contributed by atoms with van der Waals surface area (Å²) in [7, 11) is -2.32. The molecule has 0 N–H and O–H groups in total. The van der Waals surface area contributed by atoms with Gasteiger partial charge in [0.25, 0.3) is 0 Å². The molecule has 0 saturated heterocycles. The highest BCUT2D eigenvalue weighted by molar-refractivity contribution is 7.92. The second-order valence-corrected chi connectivity index (χ2v) is 7.11. The van der Waals surface area contributed by atoms with Crippen molar-refractivity contribution in [3.05, 3.63) is 35.9 Å². The third kappa shape index (κ3) is 4.59. The molecule has 0 radical (unpaired) electrons. The second-order valence-electron chi connectivity index (χ2n) is 4.98. The summed E-state index contributed by atoms with van der Waals surface area (Å²) >= 11 is 0. The monoisotopic (exact) mass is 326 g/mol. The van der Waals surface area contributed by atoms with E-state index in [4.69, 9.17) is 9.47 Å². The van der Waals surface area contributed by atoms with Crippen molar-refractivity contribution in [1.82, 2.24) is 0 Å². The molecule has 0 spiro atoms. The Bertz CT molecular complexity index is 625. The van der Waals surface area contributed by atoms with Crippen LogP contribution in [0.5, 0.6) is 5.75 Å². The van der Waals surface area contributed by atoms with Crippen LogP contribution in [0.1, 0.15) is 27.2 Å². The molecule has 122 valence electrons. The van der Waals surface area contributed by atoms with Crippen molar-refractivity contribution in [3.63, 3.8) is 0 Å². The van der Waals surface area contributed by atoms with Gasteiger partial charge in [-0.1, -0.05) is 11.6 Å². The lowest BCUT2D eigenvalue weighted by Crippen LogP contribution is -2.32. The topological polar surface area (TPSA) is 69.7 Å². The number of rotatable bonds is 7. The van der Waals surface area contributed by atoms with Crippen LogP contribution in [-0.4, -0.2) is 33.4 Å². The van der Waals surface area contributed by atoms with Crippen molar-refractivity contribution in [1.29, 1.82) is 0 Å². The largest absolute Gasteiger partial charge is 0.497 e. The molecule has 6 heteroatoms. The molecule has 1 rings (SSSR count). The third-order valence-corrected chi connectivity index (χ3v) is 5.12. The first kappa shape index (κ1) is 18.2. The van der Waals surface area contributed by atoms with Crippen molar-refractivity contribution in [2.75, 3.05) is 13.7 Å². The van der Waals surface area contributed by atoms with Gasteiger partial charge in [0.2, 0.25) is 0 Å². The minimum Gasteiger partial charge on any atom is -0.497 e. The predicted octanol–water partition coefficient (Wildman–Crippen LogP) is 2.76. The molecule has 0 amide bonds. The fourth-order valence-electron chi connectivity index (χ4n) is 1.86. The van der Waals surface area contributed by atoms with E-state index in [2.05, 4.69) is 0 Å². The van der Waals surface area contributed by atoms with Crippen LogP contribution in [0.25, 0.3) is 0 Å². The van der Waals surface area contributed by atoms with Crippen LogP contribution in [0.3, 0.4) is 0 Å². The first-order chi connectivity index (χ1) is 10.3. The predicted molar refractivity (Wildman–Crippen MR) is 84.6 cm³/mol. The molecule has 5 nitrogen and oxygen atoms in total. The molecule has 1 aromatic carbocycles. The van der Waals surface area contributed by atoms with Gasteiger partial charge in [0, 0.05) is 0 Å². The van der Waals surface area contributed by atoms with Gasteiger partial charge in [-0.05, 0) is 51.5 Å². The molecule has 0 fully saturated rings. The molecule has 1 aromatic rings. The van der Waals surface area contributed by atoms with Crippen LogP contribution < -0.4 is 4.74 Å². The molecule has 0 heterocycles. The summed E-state index contributed by atoms with van der Waals surface area (Å²) in [4.78, 5) is 12.1. The number of hydrogen-bond acceptors (Lipinski definition) is 5. The minimum absolute atomic E-state index is 0.0773. The Hall–Kier alpha value is -1.82. The van der Waals surface area contributed by atoms with E-state index in [0.717, 1.165) is 5.57 Å². The van der Waals surface area contributed by atoms with Gasteiger partial charge in [-0.15, -0.1) is 0 Å². The number of esters is 1. The van der Waals surface area contributed by atoms with E-state index >= 15 is 0 Å². The van der Waals surface area contributed by atoms with Crippen molar-refractivity contribution in [3.8, 4) is 5.75 Å². The maximum atomic E-state index is 12.7. The van der Waals surface area contributed by atoms with E-state index < -0.39 is 21.1 Å². The number of carbonyl (C=O) groups is 1. The summed E-state index contributed by atoms with van der Waals surface area (Å²) in [6.45, 7) is 5.49. The number of allylic oxidation sites excluding steroid dienone is 2. The zero-order chi connectivity index (χ0) is 16.8. The van der Waals surface area contributed by atoms with E-state index in [1.807, 2.05) is 13.8 Å². The highest BCUT2D eigenvalue weighted by Crippen LogP contribution is 2.23. The average molecular weight is 326 g/mol. The highest BCUT2D eigenvalue weighted by Gasteiger charge is 2.34. The standard InChI is InChI=1S/C16H22O5S/c1-5-21-16(17)15(11-6-12(2)3)22(18,19)14-9-7-13(20-4)8-10-14/h6-10,15H,5,11H2,1-4H3. The summed E-state index contributed by atoms with van der Waals surface area (Å²) in [6, 6.07) is 5.97. The Labute approximate surface area is 131 Å². The molecular formula is C16H22O5S. The zero-order valence-electron chi connectivity index (χ0n) is 13.3. The zero-order valence-corrected chi connectivity index (χ0v) is 14.1. The Morgan fingerprint density at radius 2 is 1.82 bits per heavy atom. The van der Waals surface area contributed by atoms with Crippen molar-refractivity contribution in [2.45, 2.75) is 37.3 Å². The lowest BCUT2D eigenvalue weighted by molar-refractivity contribution is -0.142. The maximum absolute atomic E-state index is 12.7. The maximum Gasteiger partial charge on any atom is 0.325 e. The van der Waals surface area contributed by atoms with Gasteiger partial charge in [-0.25, -0.2) is 8.42 Å². The van der Waals surface area contributed by atoms with Crippen LogP contribution in [0.4, 0.5) is 0 Å². The Morgan fingerprint density at radius 1 is 1.23 bits per heavy atom. The van der Waals surface area contributed by atoms with Gasteiger partial charge < -0.3 is 9.47 Å². The van der Waals surface area contributed by atoms with Gasteiger partial charge in [-0.3, -0.25) is 4.79 Å². The van der Waals surface area contributed by atoms with Crippen LogP contribution in [0, 0.1) is 0 Å². The van der Waals surface area contributed by atoms with Crippen LogP contribution in [0.15, 0.2) is 40.8 Å². The van der Waals surface area contributed by atoms with E-state index in [9.17, 15) is 13.2 Å². The Balaban J connectivity index is 3.18. The van der Waals surface area contributed by atoms with Gasteiger partial charge >= 0.3 is 5.97 Å². The van der Waals surface area contributed by atoms with Crippen molar-refractivity contribution >= 4 is 15.8 Å². The number of methoxy groups -OCH3 is 1. The lowest BCUT2D eigenvalue weighted by Gasteiger charge is -2.15. The molecule has 1 unspecified atom stereocenters. The summed E-state index contributed by atoms with van der Waals surface area (Å²) in [5, 5.41) is -1.24. The van der Waals surface area contributed by atoms with Crippen molar-refractivity contribution < 1.29 is 22.7 Å². The van der Waals surface area contributed by atoms with Crippen LogP contribution >= 0.6 is 0 Å². The fraction of sp³-hybridized carbons (Fsp3) is 0.438. The van der Waals surface area contributed by atoms with Crippen LogP contribution in [-0.2, 0) is 19.4 Å². The minimum atomic E-state index is -3.82. The Morgan fingerprint density at radius 3 is 2.27 bits per heavy atom. The molecule has 0 saturated carbocycles. The molecule has 22 heavy (non-hydrogen) atoms. The summed E-state index contributed by atoms with van der Waals surface area (Å²) < 4.78 is 35.3. The first-order valence-electron chi connectivity index (χ1n) is 7.00. The molecular weight excluding hydrogens is 304 g/mol. The first-order valence-corrected chi connectivity index (χ1v) is 8.55. The fourth-order valence-corrected chi connectivity index (χ4v) is 3.37. The number of sulfone groups is 1. The van der Waals surface area contributed by atoms with Crippen molar-refractivity contribution in [2.24, 2.45) is 0 Å². The van der Waals surface area contributed by atoms with E-state index in [1.54, 1.807) is 25.1 Å². The molecule has 0 aliphatic carbocycles. The number of ether oxygens (including phenoxy) is 2.